The van der Waals surface area contributed by atoms with E-state index in [9.17, 15) is 4.79 Å². The van der Waals surface area contributed by atoms with Crippen LogP contribution in [0.25, 0.3) is 11.5 Å². The molecule has 3 rings (SSSR count). The van der Waals surface area contributed by atoms with Crippen LogP contribution >= 0.6 is 0 Å². The van der Waals surface area contributed by atoms with E-state index >= 15 is 0 Å². The summed E-state index contributed by atoms with van der Waals surface area (Å²) in [5.41, 5.74) is 1.73. The second-order valence-electron chi connectivity index (χ2n) is 5.29. The maximum absolute atomic E-state index is 11.9. The molecule has 1 fully saturated rings. The van der Waals surface area contributed by atoms with E-state index < -0.39 is 0 Å². The summed E-state index contributed by atoms with van der Waals surface area (Å²) in [5, 5.41) is 4.07. The van der Waals surface area contributed by atoms with Gasteiger partial charge >= 0.3 is 0 Å². The summed E-state index contributed by atoms with van der Waals surface area (Å²) in [5.74, 6) is 1.81. The van der Waals surface area contributed by atoms with Crippen molar-refractivity contribution >= 4 is 5.91 Å². The number of imidazole rings is 1. The molecule has 0 spiro atoms. The first kappa shape index (κ1) is 13.5. The molecule has 3 heterocycles. The van der Waals surface area contributed by atoms with E-state index in [-0.39, 0.29) is 11.8 Å². The first-order valence-electron chi connectivity index (χ1n) is 6.89. The van der Waals surface area contributed by atoms with E-state index in [1.165, 1.54) is 6.33 Å². The summed E-state index contributed by atoms with van der Waals surface area (Å²) in [4.78, 5) is 25.9. The third-order valence-electron chi connectivity index (χ3n) is 3.78. The third-order valence-corrected chi connectivity index (χ3v) is 3.78. The highest BCUT2D eigenvalue weighted by Crippen LogP contribution is 2.29. The van der Waals surface area contributed by atoms with Crippen LogP contribution in [0.1, 0.15) is 23.9 Å². The van der Waals surface area contributed by atoms with Gasteiger partial charge in [0.1, 0.15) is 17.8 Å². The van der Waals surface area contributed by atoms with Gasteiger partial charge in [-0.2, -0.15) is 5.10 Å². The second kappa shape index (κ2) is 5.16. The third kappa shape index (κ3) is 2.35. The summed E-state index contributed by atoms with van der Waals surface area (Å²) >= 11 is 0. The lowest BCUT2D eigenvalue weighted by molar-refractivity contribution is -0.127. The molecule has 1 aliphatic heterocycles. The average Bonchev–Trinajstić information content (AvgIpc) is 3.11. The number of nitrogens with one attached hydrogen (secondary N) is 1. The summed E-state index contributed by atoms with van der Waals surface area (Å²) < 4.78 is 1.69. The number of aromatic amines is 1. The van der Waals surface area contributed by atoms with Crippen molar-refractivity contribution in [3.05, 3.63) is 30.5 Å². The van der Waals surface area contributed by atoms with Gasteiger partial charge in [-0.25, -0.2) is 14.6 Å². The van der Waals surface area contributed by atoms with Crippen LogP contribution in [-0.4, -0.2) is 48.6 Å². The van der Waals surface area contributed by atoms with Gasteiger partial charge in [0.15, 0.2) is 5.82 Å². The van der Waals surface area contributed by atoms with Crippen molar-refractivity contribution in [3.8, 4) is 11.5 Å². The lowest BCUT2D eigenvalue weighted by Gasteiger charge is -2.12. The molecule has 1 saturated heterocycles. The molecule has 1 unspecified atom stereocenters. The van der Waals surface area contributed by atoms with Crippen molar-refractivity contribution < 1.29 is 4.79 Å². The number of nitrogens with zero attached hydrogens (tertiary/aromatic N) is 5. The van der Waals surface area contributed by atoms with Gasteiger partial charge in [-0.3, -0.25) is 4.79 Å². The van der Waals surface area contributed by atoms with E-state index in [0.29, 0.717) is 19.5 Å². The van der Waals surface area contributed by atoms with Crippen molar-refractivity contribution in [1.82, 2.24) is 29.6 Å². The summed E-state index contributed by atoms with van der Waals surface area (Å²) in [6.45, 7) is 6.91. The Kier molecular flexibility index (Phi) is 3.32. The minimum atomic E-state index is 0.0955. The van der Waals surface area contributed by atoms with Crippen LogP contribution in [0.4, 0.5) is 0 Å². The van der Waals surface area contributed by atoms with Gasteiger partial charge in [-0.1, -0.05) is 6.08 Å². The smallest absolute Gasteiger partial charge is 0.223 e. The SMILES string of the molecule is C=CCN1CC(c2nc(-c3ncnn3C)c(C)[nH]2)CC1=O. The molecule has 1 N–H and O–H groups in total. The first-order valence-corrected chi connectivity index (χ1v) is 6.89. The first-order chi connectivity index (χ1) is 10.1. The fourth-order valence-electron chi connectivity index (χ4n) is 2.69. The molecule has 2 aromatic rings. The summed E-state index contributed by atoms with van der Waals surface area (Å²) in [6, 6.07) is 0. The van der Waals surface area contributed by atoms with Crippen LogP contribution in [0.2, 0.25) is 0 Å². The quantitative estimate of drug-likeness (QED) is 0.851. The highest BCUT2D eigenvalue weighted by Gasteiger charge is 2.32. The number of rotatable bonds is 4. The molecule has 2 aromatic heterocycles. The molecule has 1 aliphatic rings. The van der Waals surface area contributed by atoms with Gasteiger partial charge in [0, 0.05) is 38.2 Å². The molecule has 1 atom stereocenters. The standard InChI is InChI=1S/C14H18N6O/c1-4-5-20-7-10(6-11(20)21)13-17-9(2)12(18-13)14-15-8-16-19(14)3/h4,8,10H,1,5-7H2,2-3H3,(H,17,18). The topological polar surface area (TPSA) is 79.7 Å². The molecular formula is C14H18N6O. The van der Waals surface area contributed by atoms with Gasteiger partial charge in [0.25, 0.3) is 0 Å². The van der Waals surface area contributed by atoms with Crippen LogP contribution in [0.15, 0.2) is 19.0 Å². The lowest BCUT2D eigenvalue weighted by Crippen LogP contribution is -2.24. The number of aryl methyl sites for hydroxylation is 2. The lowest BCUT2D eigenvalue weighted by atomic mass is 10.1. The Morgan fingerprint density at radius 2 is 2.38 bits per heavy atom. The van der Waals surface area contributed by atoms with Crippen LogP contribution in [-0.2, 0) is 11.8 Å². The molecule has 7 nitrogen and oxygen atoms in total. The normalized spacial score (nSPS) is 18.5. The van der Waals surface area contributed by atoms with Crippen molar-refractivity contribution in [2.75, 3.05) is 13.1 Å². The van der Waals surface area contributed by atoms with Gasteiger partial charge in [0.05, 0.1) is 0 Å². The van der Waals surface area contributed by atoms with Gasteiger partial charge in [0.2, 0.25) is 5.91 Å². The average molecular weight is 286 g/mol. The Bertz CT molecular complexity index is 685. The zero-order valence-electron chi connectivity index (χ0n) is 12.2. The van der Waals surface area contributed by atoms with Crippen LogP contribution in [0.5, 0.6) is 0 Å². The molecule has 0 saturated carbocycles. The van der Waals surface area contributed by atoms with Crippen LogP contribution in [0.3, 0.4) is 0 Å². The minimum absolute atomic E-state index is 0.0955. The molecule has 110 valence electrons. The number of carbonyl (C=O) groups excluding carboxylic acids is 1. The van der Waals surface area contributed by atoms with Crippen LogP contribution in [0, 0.1) is 6.92 Å². The molecule has 21 heavy (non-hydrogen) atoms. The molecule has 7 heteroatoms. The zero-order chi connectivity index (χ0) is 15.0. The Morgan fingerprint density at radius 1 is 1.57 bits per heavy atom. The monoisotopic (exact) mass is 286 g/mol. The van der Waals surface area contributed by atoms with Crippen molar-refractivity contribution in [2.24, 2.45) is 7.05 Å². The number of likely N-dealkylation sites (tertiary alicyclic amines) is 1. The van der Waals surface area contributed by atoms with E-state index in [1.807, 2.05) is 14.0 Å². The van der Waals surface area contributed by atoms with E-state index in [2.05, 4.69) is 26.6 Å². The van der Waals surface area contributed by atoms with Crippen molar-refractivity contribution in [3.63, 3.8) is 0 Å². The molecule has 0 bridgehead atoms. The Labute approximate surface area is 122 Å². The molecule has 0 radical (unpaired) electrons. The number of carbonyl (C=O) groups is 1. The molecule has 1 amide bonds. The number of hydrogen-bond acceptors (Lipinski definition) is 4. The van der Waals surface area contributed by atoms with E-state index in [4.69, 9.17) is 0 Å². The predicted octanol–water partition coefficient (Wildman–Crippen LogP) is 1.02. The Morgan fingerprint density at radius 3 is 3.05 bits per heavy atom. The highest BCUT2D eigenvalue weighted by atomic mass is 16.2. The number of hydrogen-bond donors (Lipinski definition) is 1. The van der Waals surface area contributed by atoms with Crippen LogP contribution < -0.4 is 0 Å². The number of amides is 1. The summed E-state index contributed by atoms with van der Waals surface area (Å²) in [7, 11) is 1.83. The molecular weight excluding hydrogens is 268 g/mol. The van der Waals surface area contributed by atoms with Crippen molar-refractivity contribution in [2.45, 2.75) is 19.3 Å². The maximum Gasteiger partial charge on any atom is 0.223 e. The zero-order valence-corrected chi connectivity index (χ0v) is 12.2. The number of aromatic nitrogens is 5. The summed E-state index contributed by atoms with van der Waals surface area (Å²) in [6.07, 6.45) is 3.74. The second-order valence-corrected chi connectivity index (χ2v) is 5.29. The highest BCUT2D eigenvalue weighted by molar-refractivity contribution is 5.79. The van der Waals surface area contributed by atoms with Gasteiger partial charge in [-0.05, 0) is 6.92 Å². The molecule has 0 aromatic carbocycles. The molecule has 0 aliphatic carbocycles. The van der Waals surface area contributed by atoms with Crippen molar-refractivity contribution in [1.29, 1.82) is 0 Å². The van der Waals surface area contributed by atoms with Gasteiger partial charge in [-0.15, -0.1) is 6.58 Å². The van der Waals surface area contributed by atoms with E-state index in [1.54, 1.807) is 15.7 Å². The largest absolute Gasteiger partial charge is 0.345 e. The Balaban J connectivity index is 1.87. The van der Waals surface area contributed by atoms with Gasteiger partial charge < -0.3 is 9.88 Å². The fourth-order valence-corrected chi connectivity index (χ4v) is 2.69. The minimum Gasteiger partial charge on any atom is -0.345 e. The Hall–Kier alpha value is -2.44. The van der Waals surface area contributed by atoms with E-state index in [0.717, 1.165) is 23.0 Å². The number of H-pyrrole nitrogens is 1. The predicted molar refractivity (Wildman–Crippen MR) is 77.5 cm³/mol. The fraction of sp³-hybridized carbons (Fsp3) is 0.429. The maximum atomic E-state index is 11.9.